The van der Waals surface area contributed by atoms with E-state index in [2.05, 4.69) is 5.16 Å². The van der Waals surface area contributed by atoms with Crippen molar-refractivity contribution < 1.29 is 18.8 Å². The summed E-state index contributed by atoms with van der Waals surface area (Å²) in [6, 6.07) is 6.70. The molecular formula is C13H12ClNO4. The van der Waals surface area contributed by atoms with Gasteiger partial charge in [0.1, 0.15) is 24.7 Å². The van der Waals surface area contributed by atoms with Crippen LogP contribution < -0.4 is 4.74 Å². The third-order valence-electron chi connectivity index (χ3n) is 2.38. The Morgan fingerprint density at radius 2 is 2.26 bits per heavy atom. The van der Waals surface area contributed by atoms with Crippen molar-refractivity contribution in [3.63, 3.8) is 0 Å². The lowest BCUT2D eigenvalue weighted by molar-refractivity contribution is 0.111. The highest BCUT2D eigenvalue weighted by atomic mass is 35.5. The number of benzene rings is 1. The first-order valence-electron chi connectivity index (χ1n) is 5.54. The number of hydrogen-bond acceptors (Lipinski definition) is 5. The molecular weight excluding hydrogens is 270 g/mol. The average Bonchev–Trinajstić information content (AvgIpc) is 2.85. The topological polar surface area (TPSA) is 61.6 Å². The molecule has 0 saturated heterocycles. The van der Waals surface area contributed by atoms with Crippen LogP contribution in [0, 0.1) is 0 Å². The average molecular weight is 282 g/mol. The van der Waals surface area contributed by atoms with Crippen molar-refractivity contribution in [2.24, 2.45) is 0 Å². The molecule has 0 aliphatic rings. The first-order chi connectivity index (χ1) is 9.24. The zero-order chi connectivity index (χ0) is 13.7. The number of nitrogens with zero attached hydrogens (tertiary/aromatic N) is 1. The van der Waals surface area contributed by atoms with Crippen LogP contribution >= 0.6 is 11.6 Å². The van der Waals surface area contributed by atoms with Crippen LogP contribution in [0.4, 0.5) is 0 Å². The van der Waals surface area contributed by atoms with Crippen molar-refractivity contribution in [2.75, 3.05) is 7.11 Å². The van der Waals surface area contributed by atoms with E-state index in [4.69, 9.17) is 25.6 Å². The molecule has 0 aliphatic carbocycles. The highest BCUT2D eigenvalue weighted by molar-refractivity contribution is 6.32. The molecule has 0 amide bonds. The molecule has 6 heteroatoms. The van der Waals surface area contributed by atoms with Crippen molar-refractivity contribution >= 4 is 17.9 Å². The molecule has 1 aromatic carbocycles. The first kappa shape index (κ1) is 13.6. The Balaban J connectivity index is 2.07. The molecule has 0 saturated carbocycles. The second-order valence-corrected chi connectivity index (χ2v) is 4.19. The van der Waals surface area contributed by atoms with Crippen molar-refractivity contribution in [1.82, 2.24) is 5.16 Å². The molecule has 19 heavy (non-hydrogen) atoms. The van der Waals surface area contributed by atoms with Crippen molar-refractivity contribution in [3.05, 3.63) is 46.3 Å². The summed E-state index contributed by atoms with van der Waals surface area (Å²) >= 11 is 5.98. The molecule has 100 valence electrons. The SMILES string of the molecule is COCc1cc(COc2c(Cl)cccc2C=O)no1. The van der Waals surface area contributed by atoms with Gasteiger partial charge in [-0.2, -0.15) is 0 Å². The lowest BCUT2D eigenvalue weighted by Gasteiger charge is -2.08. The Morgan fingerprint density at radius 3 is 3.00 bits per heavy atom. The second-order valence-electron chi connectivity index (χ2n) is 3.78. The molecule has 0 N–H and O–H groups in total. The number of ether oxygens (including phenoxy) is 2. The molecule has 0 aliphatic heterocycles. The minimum atomic E-state index is 0.164. The highest BCUT2D eigenvalue weighted by Gasteiger charge is 2.10. The summed E-state index contributed by atoms with van der Waals surface area (Å²) in [4.78, 5) is 10.9. The summed E-state index contributed by atoms with van der Waals surface area (Å²) in [6.07, 6.45) is 0.695. The van der Waals surface area contributed by atoms with E-state index in [9.17, 15) is 4.79 Å². The van der Waals surface area contributed by atoms with E-state index in [1.54, 1.807) is 31.4 Å². The van der Waals surface area contributed by atoms with E-state index < -0.39 is 0 Å². The molecule has 1 aromatic heterocycles. The van der Waals surface area contributed by atoms with E-state index in [-0.39, 0.29) is 6.61 Å². The van der Waals surface area contributed by atoms with E-state index in [1.165, 1.54) is 0 Å². The minimum absolute atomic E-state index is 0.164. The van der Waals surface area contributed by atoms with Crippen LogP contribution in [0.2, 0.25) is 5.02 Å². The van der Waals surface area contributed by atoms with Gasteiger partial charge in [0.2, 0.25) is 0 Å². The Hall–Kier alpha value is -1.85. The third-order valence-corrected chi connectivity index (χ3v) is 2.68. The summed E-state index contributed by atoms with van der Waals surface area (Å²) in [5, 5.41) is 4.20. The van der Waals surface area contributed by atoms with Crippen LogP contribution in [0.5, 0.6) is 5.75 Å². The number of aldehydes is 1. The van der Waals surface area contributed by atoms with Crippen molar-refractivity contribution in [1.29, 1.82) is 0 Å². The fraction of sp³-hybridized carbons (Fsp3) is 0.231. The van der Waals surface area contributed by atoms with Gasteiger partial charge in [-0.3, -0.25) is 4.79 Å². The maximum Gasteiger partial charge on any atom is 0.162 e. The normalized spacial score (nSPS) is 10.4. The standard InChI is InChI=1S/C13H12ClNO4/c1-17-8-11-5-10(15-19-11)7-18-13-9(6-16)3-2-4-12(13)14/h2-6H,7-8H2,1H3. The quantitative estimate of drug-likeness (QED) is 0.762. The summed E-state index contributed by atoms with van der Waals surface area (Å²) < 4.78 is 15.5. The fourth-order valence-corrected chi connectivity index (χ4v) is 1.79. The maximum atomic E-state index is 10.9. The third kappa shape index (κ3) is 3.33. The number of carbonyl (C=O) groups excluding carboxylic acids is 1. The number of para-hydroxylation sites is 1. The smallest absolute Gasteiger partial charge is 0.162 e. The summed E-state index contributed by atoms with van der Waals surface area (Å²) in [7, 11) is 1.57. The van der Waals surface area contributed by atoms with E-state index in [0.29, 0.717) is 40.7 Å². The Labute approximate surface area is 115 Å². The van der Waals surface area contributed by atoms with Gasteiger partial charge in [0.05, 0.1) is 10.6 Å². The van der Waals surface area contributed by atoms with Gasteiger partial charge in [-0.15, -0.1) is 0 Å². The van der Waals surface area contributed by atoms with Gasteiger partial charge in [-0.05, 0) is 12.1 Å². The second kappa shape index (κ2) is 6.36. The maximum absolute atomic E-state index is 10.9. The number of halogens is 1. The number of rotatable bonds is 6. The molecule has 0 unspecified atom stereocenters. The van der Waals surface area contributed by atoms with E-state index >= 15 is 0 Å². The van der Waals surface area contributed by atoms with Gasteiger partial charge < -0.3 is 14.0 Å². The molecule has 0 bridgehead atoms. The zero-order valence-electron chi connectivity index (χ0n) is 10.3. The molecule has 0 spiro atoms. The predicted octanol–water partition coefficient (Wildman–Crippen LogP) is 2.87. The molecule has 5 nitrogen and oxygen atoms in total. The van der Waals surface area contributed by atoms with Gasteiger partial charge in [0.25, 0.3) is 0 Å². The van der Waals surface area contributed by atoms with Gasteiger partial charge in [-0.1, -0.05) is 22.8 Å². The predicted molar refractivity (Wildman–Crippen MR) is 68.4 cm³/mol. The van der Waals surface area contributed by atoms with Gasteiger partial charge in [-0.25, -0.2) is 0 Å². The zero-order valence-corrected chi connectivity index (χ0v) is 11.0. The Kier molecular flexibility index (Phi) is 4.54. The molecule has 0 fully saturated rings. The Bertz CT molecular complexity index is 568. The molecule has 0 radical (unpaired) electrons. The number of carbonyl (C=O) groups is 1. The van der Waals surface area contributed by atoms with Crippen molar-refractivity contribution in [3.8, 4) is 5.75 Å². The van der Waals surface area contributed by atoms with Crippen LogP contribution in [-0.4, -0.2) is 18.6 Å². The van der Waals surface area contributed by atoms with Crippen LogP contribution in [0.15, 0.2) is 28.8 Å². The van der Waals surface area contributed by atoms with E-state index in [0.717, 1.165) is 0 Å². The molecule has 0 atom stereocenters. The number of methoxy groups -OCH3 is 1. The Morgan fingerprint density at radius 1 is 1.42 bits per heavy atom. The minimum Gasteiger partial charge on any atom is -0.485 e. The summed E-state index contributed by atoms with van der Waals surface area (Å²) in [6.45, 7) is 0.510. The van der Waals surface area contributed by atoms with Gasteiger partial charge in [0, 0.05) is 13.2 Å². The van der Waals surface area contributed by atoms with Crippen LogP contribution in [0.25, 0.3) is 0 Å². The fourth-order valence-electron chi connectivity index (χ4n) is 1.55. The molecule has 2 rings (SSSR count). The monoisotopic (exact) mass is 281 g/mol. The lowest BCUT2D eigenvalue weighted by atomic mass is 10.2. The molecule has 1 heterocycles. The van der Waals surface area contributed by atoms with Crippen LogP contribution in [-0.2, 0) is 18.0 Å². The summed E-state index contributed by atoms with van der Waals surface area (Å²) in [5.74, 6) is 0.950. The first-order valence-corrected chi connectivity index (χ1v) is 5.92. The van der Waals surface area contributed by atoms with Crippen LogP contribution in [0.3, 0.4) is 0 Å². The van der Waals surface area contributed by atoms with Crippen LogP contribution in [0.1, 0.15) is 21.8 Å². The molecule has 2 aromatic rings. The van der Waals surface area contributed by atoms with Gasteiger partial charge in [0.15, 0.2) is 12.0 Å². The largest absolute Gasteiger partial charge is 0.485 e. The highest BCUT2D eigenvalue weighted by Crippen LogP contribution is 2.28. The number of aromatic nitrogens is 1. The summed E-state index contributed by atoms with van der Waals surface area (Å²) in [5.41, 5.74) is 0.997. The van der Waals surface area contributed by atoms with E-state index in [1.807, 2.05) is 0 Å². The lowest BCUT2D eigenvalue weighted by Crippen LogP contribution is -1.99. The number of hydrogen-bond donors (Lipinski definition) is 0. The van der Waals surface area contributed by atoms with Crippen molar-refractivity contribution in [2.45, 2.75) is 13.2 Å². The van der Waals surface area contributed by atoms with Gasteiger partial charge >= 0.3 is 0 Å².